The van der Waals surface area contributed by atoms with Crippen LogP contribution in [0.15, 0.2) is 0 Å². The van der Waals surface area contributed by atoms with Gasteiger partial charge in [0, 0.05) is 25.7 Å². The number of carbonyl (C=O) groups excluding carboxylic acids is 1. The molecule has 1 fully saturated rings. The zero-order chi connectivity index (χ0) is 13.5. The predicted molar refractivity (Wildman–Crippen MR) is 68.5 cm³/mol. The van der Waals surface area contributed by atoms with Crippen LogP contribution in [-0.4, -0.2) is 54.7 Å². The zero-order valence-corrected chi connectivity index (χ0v) is 11.1. The Hall–Kier alpha value is -1.30. The van der Waals surface area contributed by atoms with E-state index in [2.05, 4.69) is 22.6 Å². The van der Waals surface area contributed by atoms with Crippen molar-refractivity contribution in [3.63, 3.8) is 0 Å². The van der Waals surface area contributed by atoms with Gasteiger partial charge in [-0.15, -0.1) is 0 Å². The van der Waals surface area contributed by atoms with Gasteiger partial charge in [-0.25, -0.2) is 4.79 Å². The van der Waals surface area contributed by atoms with Crippen molar-refractivity contribution in [1.29, 1.82) is 0 Å². The first-order chi connectivity index (χ1) is 8.50. The van der Waals surface area contributed by atoms with Crippen molar-refractivity contribution in [2.45, 2.75) is 32.2 Å². The van der Waals surface area contributed by atoms with Crippen molar-refractivity contribution >= 4 is 12.0 Å². The summed E-state index contributed by atoms with van der Waals surface area (Å²) in [6.45, 7) is 3.49. The van der Waals surface area contributed by atoms with E-state index < -0.39 is 11.9 Å². The van der Waals surface area contributed by atoms with Crippen LogP contribution in [0.5, 0.6) is 0 Å². The number of aliphatic carboxylic acids is 1. The molecule has 1 unspecified atom stereocenters. The smallest absolute Gasteiger partial charge is 0.314 e. The molecule has 0 aromatic rings. The van der Waals surface area contributed by atoms with Crippen LogP contribution in [0.25, 0.3) is 0 Å². The minimum Gasteiger partial charge on any atom is -0.481 e. The van der Waals surface area contributed by atoms with Crippen LogP contribution in [0.4, 0.5) is 4.79 Å². The van der Waals surface area contributed by atoms with Crippen molar-refractivity contribution in [2.24, 2.45) is 5.92 Å². The molecule has 18 heavy (non-hydrogen) atoms. The van der Waals surface area contributed by atoms with Gasteiger partial charge in [-0.3, -0.25) is 4.79 Å². The Kier molecular flexibility index (Phi) is 5.91. The molecule has 2 amide bonds. The standard InChI is InChI=1S/C12H23N3O3/c1-9(11(16)17)5-6-13-12(18)14-7-8-15(2)10-3-4-10/h9-10H,3-8H2,1-2H3,(H,16,17)(H2,13,14,18). The number of rotatable bonds is 8. The second-order valence-corrected chi connectivity index (χ2v) is 4.92. The van der Waals surface area contributed by atoms with Crippen LogP contribution in [0.2, 0.25) is 0 Å². The minimum absolute atomic E-state index is 0.225. The Bertz CT molecular complexity index is 292. The quantitative estimate of drug-likeness (QED) is 0.591. The summed E-state index contributed by atoms with van der Waals surface area (Å²) in [4.78, 5) is 24.2. The highest BCUT2D eigenvalue weighted by atomic mass is 16.4. The summed E-state index contributed by atoms with van der Waals surface area (Å²) in [6.07, 6.45) is 2.97. The van der Waals surface area contributed by atoms with Crippen molar-refractivity contribution in [3.8, 4) is 0 Å². The predicted octanol–water partition coefficient (Wildman–Crippen LogP) is 0.491. The highest BCUT2D eigenvalue weighted by Crippen LogP contribution is 2.24. The second kappa shape index (κ2) is 7.20. The van der Waals surface area contributed by atoms with Crippen LogP contribution in [0, 0.1) is 5.92 Å². The second-order valence-electron chi connectivity index (χ2n) is 4.92. The van der Waals surface area contributed by atoms with Crippen molar-refractivity contribution < 1.29 is 14.7 Å². The largest absolute Gasteiger partial charge is 0.481 e. The van der Waals surface area contributed by atoms with Gasteiger partial charge in [0.1, 0.15) is 0 Å². The molecule has 0 saturated heterocycles. The number of hydrogen-bond acceptors (Lipinski definition) is 3. The van der Waals surface area contributed by atoms with E-state index in [1.807, 2.05) is 0 Å². The fraction of sp³-hybridized carbons (Fsp3) is 0.833. The maximum absolute atomic E-state index is 11.4. The van der Waals surface area contributed by atoms with E-state index in [1.165, 1.54) is 12.8 Å². The van der Waals surface area contributed by atoms with Gasteiger partial charge >= 0.3 is 12.0 Å². The Morgan fingerprint density at radius 2 is 1.94 bits per heavy atom. The third-order valence-corrected chi connectivity index (χ3v) is 3.20. The van der Waals surface area contributed by atoms with E-state index in [9.17, 15) is 9.59 Å². The van der Waals surface area contributed by atoms with E-state index >= 15 is 0 Å². The van der Waals surface area contributed by atoms with E-state index in [-0.39, 0.29) is 6.03 Å². The van der Waals surface area contributed by atoms with E-state index in [0.29, 0.717) is 25.6 Å². The van der Waals surface area contributed by atoms with E-state index in [0.717, 1.165) is 6.54 Å². The molecule has 1 saturated carbocycles. The van der Waals surface area contributed by atoms with Crippen molar-refractivity contribution in [3.05, 3.63) is 0 Å². The molecular formula is C12H23N3O3. The summed E-state index contributed by atoms with van der Waals surface area (Å²) in [5, 5.41) is 14.1. The number of likely N-dealkylation sites (N-methyl/N-ethyl adjacent to an activating group) is 1. The molecule has 104 valence electrons. The van der Waals surface area contributed by atoms with E-state index in [1.54, 1.807) is 6.92 Å². The maximum atomic E-state index is 11.4. The Morgan fingerprint density at radius 3 is 2.50 bits per heavy atom. The normalized spacial score (nSPS) is 16.4. The molecule has 6 nitrogen and oxygen atoms in total. The molecule has 0 radical (unpaired) electrons. The average Bonchev–Trinajstić information content (AvgIpc) is 3.12. The molecule has 3 N–H and O–H groups in total. The van der Waals surface area contributed by atoms with Gasteiger partial charge in [-0.2, -0.15) is 0 Å². The lowest BCUT2D eigenvalue weighted by molar-refractivity contribution is -0.141. The van der Waals surface area contributed by atoms with Gasteiger partial charge in [0.05, 0.1) is 5.92 Å². The maximum Gasteiger partial charge on any atom is 0.314 e. The number of carbonyl (C=O) groups is 2. The first-order valence-corrected chi connectivity index (χ1v) is 6.45. The Balaban J connectivity index is 1.98. The molecule has 1 aliphatic carbocycles. The molecule has 0 aromatic heterocycles. The zero-order valence-electron chi connectivity index (χ0n) is 11.1. The molecule has 6 heteroatoms. The molecule has 0 aromatic carbocycles. The number of nitrogens with zero attached hydrogens (tertiary/aromatic N) is 1. The summed E-state index contributed by atoms with van der Waals surface area (Å²) in [7, 11) is 2.06. The fourth-order valence-electron chi connectivity index (χ4n) is 1.63. The topological polar surface area (TPSA) is 81.7 Å². The monoisotopic (exact) mass is 257 g/mol. The molecule has 1 atom stereocenters. The van der Waals surface area contributed by atoms with Gasteiger partial charge in [0.15, 0.2) is 0 Å². The number of carboxylic acids is 1. The highest BCUT2D eigenvalue weighted by Gasteiger charge is 2.25. The van der Waals surface area contributed by atoms with Gasteiger partial charge in [-0.1, -0.05) is 6.92 Å². The number of nitrogens with one attached hydrogen (secondary N) is 2. The lowest BCUT2D eigenvalue weighted by Gasteiger charge is -2.16. The van der Waals surface area contributed by atoms with Crippen LogP contribution >= 0.6 is 0 Å². The van der Waals surface area contributed by atoms with Gasteiger partial charge < -0.3 is 20.6 Å². The molecule has 0 aliphatic heterocycles. The summed E-state index contributed by atoms with van der Waals surface area (Å²) in [5.74, 6) is -1.26. The molecule has 0 heterocycles. The van der Waals surface area contributed by atoms with Crippen LogP contribution < -0.4 is 10.6 Å². The molecular weight excluding hydrogens is 234 g/mol. The number of amides is 2. The lowest BCUT2D eigenvalue weighted by atomic mass is 10.1. The van der Waals surface area contributed by atoms with Crippen LogP contribution in [0.1, 0.15) is 26.2 Å². The average molecular weight is 257 g/mol. The lowest BCUT2D eigenvalue weighted by Crippen LogP contribution is -2.40. The number of urea groups is 1. The SMILES string of the molecule is CC(CCNC(=O)NCCN(C)C1CC1)C(=O)O. The molecule has 0 spiro atoms. The summed E-state index contributed by atoms with van der Waals surface area (Å²) < 4.78 is 0. The fourth-order valence-corrected chi connectivity index (χ4v) is 1.63. The third-order valence-electron chi connectivity index (χ3n) is 3.20. The Morgan fingerprint density at radius 1 is 1.33 bits per heavy atom. The summed E-state index contributed by atoms with van der Waals surface area (Å²) in [5.41, 5.74) is 0. The molecule has 1 rings (SSSR count). The number of carboxylic acid groups (broad SMARTS) is 1. The first-order valence-electron chi connectivity index (χ1n) is 6.45. The van der Waals surface area contributed by atoms with Crippen LogP contribution in [-0.2, 0) is 4.79 Å². The summed E-state index contributed by atoms with van der Waals surface area (Å²) in [6, 6.07) is 0.475. The molecule has 1 aliphatic rings. The van der Waals surface area contributed by atoms with Gasteiger partial charge in [-0.05, 0) is 26.3 Å². The third kappa shape index (κ3) is 5.86. The summed E-state index contributed by atoms with van der Waals surface area (Å²) >= 11 is 0. The Labute approximate surface area is 108 Å². The first kappa shape index (κ1) is 14.8. The molecule has 0 bridgehead atoms. The van der Waals surface area contributed by atoms with Gasteiger partial charge in [0.25, 0.3) is 0 Å². The highest BCUT2D eigenvalue weighted by molar-refractivity contribution is 5.74. The van der Waals surface area contributed by atoms with Crippen molar-refractivity contribution in [2.75, 3.05) is 26.7 Å². The minimum atomic E-state index is -0.830. The van der Waals surface area contributed by atoms with Crippen LogP contribution in [0.3, 0.4) is 0 Å². The van der Waals surface area contributed by atoms with E-state index in [4.69, 9.17) is 5.11 Å². The van der Waals surface area contributed by atoms with Gasteiger partial charge in [0.2, 0.25) is 0 Å². The number of hydrogen-bond donors (Lipinski definition) is 3. The van der Waals surface area contributed by atoms with Crippen molar-refractivity contribution in [1.82, 2.24) is 15.5 Å².